The Morgan fingerprint density at radius 2 is 2.04 bits per heavy atom. The van der Waals surface area contributed by atoms with Crippen LogP contribution < -0.4 is 14.8 Å². The Morgan fingerprint density at radius 1 is 1.27 bits per heavy atom. The minimum Gasteiger partial charge on any atom is -0.492 e. The second kappa shape index (κ2) is 7.59. The van der Waals surface area contributed by atoms with Gasteiger partial charge in [0, 0.05) is 16.6 Å². The number of amides is 1. The summed E-state index contributed by atoms with van der Waals surface area (Å²) < 4.78 is 33.6. The minimum absolute atomic E-state index is 0.0815. The van der Waals surface area contributed by atoms with E-state index in [-0.39, 0.29) is 16.7 Å². The SMILES string of the molecule is CCOc1ccccc1NS(=O)(=O)c1ccc2c(c1)NC(=O)[C@@H](C)CS2. The number of carbonyl (C=O) groups is 1. The van der Waals surface area contributed by atoms with Gasteiger partial charge in [0.25, 0.3) is 10.0 Å². The maximum absolute atomic E-state index is 12.8. The number of thioether (sulfide) groups is 1. The van der Waals surface area contributed by atoms with Gasteiger partial charge in [-0.3, -0.25) is 9.52 Å². The molecule has 0 fully saturated rings. The summed E-state index contributed by atoms with van der Waals surface area (Å²) in [6.07, 6.45) is 0. The van der Waals surface area contributed by atoms with Crippen molar-refractivity contribution in [2.75, 3.05) is 22.4 Å². The quantitative estimate of drug-likeness (QED) is 0.813. The van der Waals surface area contributed by atoms with Crippen molar-refractivity contribution < 1.29 is 17.9 Å². The molecule has 2 aromatic rings. The van der Waals surface area contributed by atoms with Crippen molar-refractivity contribution in [1.82, 2.24) is 0 Å². The molecule has 6 nitrogen and oxygen atoms in total. The molecule has 1 aliphatic rings. The normalized spacial score (nSPS) is 17.0. The van der Waals surface area contributed by atoms with Gasteiger partial charge in [-0.15, -0.1) is 11.8 Å². The predicted octanol–water partition coefficient (Wildman–Crippen LogP) is 3.57. The number of sulfonamides is 1. The number of nitrogens with one attached hydrogen (secondary N) is 2. The lowest BCUT2D eigenvalue weighted by molar-refractivity contribution is -0.118. The lowest BCUT2D eigenvalue weighted by atomic mass is 10.2. The number of fused-ring (bicyclic) bond motifs is 1. The molecule has 0 saturated heterocycles. The fourth-order valence-electron chi connectivity index (χ4n) is 2.48. The molecular weight excluding hydrogens is 372 g/mol. The average molecular weight is 393 g/mol. The topological polar surface area (TPSA) is 84.5 Å². The highest BCUT2D eigenvalue weighted by atomic mass is 32.2. The van der Waals surface area contributed by atoms with Crippen LogP contribution in [0.2, 0.25) is 0 Å². The summed E-state index contributed by atoms with van der Waals surface area (Å²) in [5.74, 6) is 0.875. The first kappa shape index (κ1) is 18.6. The number of hydrogen-bond acceptors (Lipinski definition) is 5. The smallest absolute Gasteiger partial charge is 0.262 e. The third kappa shape index (κ3) is 3.96. The number of anilines is 2. The summed E-state index contributed by atoms with van der Waals surface area (Å²) >= 11 is 1.54. The number of para-hydroxylation sites is 2. The van der Waals surface area contributed by atoms with E-state index >= 15 is 0 Å². The van der Waals surface area contributed by atoms with Crippen molar-refractivity contribution in [3.63, 3.8) is 0 Å². The number of rotatable bonds is 5. The molecule has 2 N–H and O–H groups in total. The van der Waals surface area contributed by atoms with Crippen LogP contribution in [0, 0.1) is 5.92 Å². The van der Waals surface area contributed by atoms with E-state index in [9.17, 15) is 13.2 Å². The van der Waals surface area contributed by atoms with Crippen LogP contribution in [-0.4, -0.2) is 26.7 Å². The molecule has 8 heteroatoms. The Labute approximate surface area is 157 Å². The van der Waals surface area contributed by atoms with Gasteiger partial charge < -0.3 is 10.1 Å². The number of benzene rings is 2. The van der Waals surface area contributed by atoms with Crippen LogP contribution in [0.4, 0.5) is 11.4 Å². The number of ether oxygens (including phenoxy) is 1. The Balaban J connectivity index is 1.92. The van der Waals surface area contributed by atoms with Crippen molar-refractivity contribution >= 4 is 39.1 Å². The third-order valence-electron chi connectivity index (χ3n) is 3.89. The maximum atomic E-state index is 12.8. The van der Waals surface area contributed by atoms with Crippen molar-refractivity contribution in [3.8, 4) is 5.75 Å². The van der Waals surface area contributed by atoms with Crippen molar-refractivity contribution in [2.24, 2.45) is 5.92 Å². The molecule has 0 radical (unpaired) electrons. The molecule has 1 aliphatic heterocycles. The van der Waals surface area contributed by atoms with Gasteiger partial charge >= 0.3 is 0 Å². The van der Waals surface area contributed by atoms with Crippen LogP contribution in [0.3, 0.4) is 0 Å². The molecular formula is C18H20N2O4S2. The zero-order valence-electron chi connectivity index (χ0n) is 14.5. The van der Waals surface area contributed by atoms with Crippen molar-refractivity contribution in [3.05, 3.63) is 42.5 Å². The third-order valence-corrected chi connectivity index (χ3v) is 6.58. The van der Waals surface area contributed by atoms with Crippen LogP contribution >= 0.6 is 11.8 Å². The maximum Gasteiger partial charge on any atom is 0.262 e. The average Bonchev–Trinajstić information content (AvgIpc) is 2.75. The number of carbonyl (C=O) groups excluding carboxylic acids is 1. The zero-order valence-corrected chi connectivity index (χ0v) is 16.1. The molecule has 138 valence electrons. The van der Waals surface area contributed by atoms with Gasteiger partial charge in [0.1, 0.15) is 5.75 Å². The molecule has 1 amide bonds. The van der Waals surface area contributed by atoms with E-state index in [0.29, 0.717) is 29.5 Å². The second-order valence-corrected chi connectivity index (χ2v) is 8.64. The van der Waals surface area contributed by atoms with E-state index in [2.05, 4.69) is 10.0 Å². The lowest BCUT2D eigenvalue weighted by Gasteiger charge is -2.14. The summed E-state index contributed by atoms with van der Waals surface area (Å²) in [7, 11) is -3.82. The summed E-state index contributed by atoms with van der Waals surface area (Å²) in [5.41, 5.74) is 0.890. The molecule has 0 aliphatic carbocycles. The molecule has 3 rings (SSSR count). The second-order valence-electron chi connectivity index (χ2n) is 5.89. The van der Waals surface area contributed by atoms with E-state index in [4.69, 9.17) is 4.74 Å². The van der Waals surface area contributed by atoms with E-state index in [1.807, 2.05) is 13.8 Å². The first-order valence-electron chi connectivity index (χ1n) is 8.23. The molecule has 0 spiro atoms. The van der Waals surface area contributed by atoms with Crippen LogP contribution in [0.5, 0.6) is 5.75 Å². The van der Waals surface area contributed by atoms with Crippen LogP contribution in [0.15, 0.2) is 52.3 Å². The van der Waals surface area contributed by atoms with E-state index < -0.39 is 10.0 Å². The summed E-state index contributed by atoms with van der Waals surface area (Å²) in [5, 5.41) is 2.80. The zero-order chi connectivity index (χ0) is 18.7. The molecule has 0 bridgehead atoms. The van der Waals surface area contributed by atoms with E-state index in [1.54, 1.807) is 36.4 Å². The Kier molecular flexibility index (Phi) is 5.43. The fraction of sp³-hybridized carbons (Fsp3) is 0.278. The standard InChI is InChI=1S/C18H20N2O4S2/c1-3-24-16-7-5-4-6-14(16)20-26(22,23)13-8-9-17-15(10-13)19-18(21)12(2)11-25-17/h4-10,12,20H,3,11H2,1-2H3,(H,19,21)/t12-/m0/s1. The highest BCUT2D eigenvalue weighted by Crippen LogP contribution is 2.35. The van der Waals surface area contributed by atoms with Gasteiger partial charge in [-0.05, 0) is 37.3 Å². The predicted molar refractivity (Wildman–Crippen MR) is 103 cm³/mol. The van der Waals surface area contributed by atoms with Gasteiger partial charge in [-0.1, -0.05) is 19.1 Å². The van der Waals surface area contributed by atoms with Gasteiger partial charge in [0.05, 0.1) is 22.9 Å². The first-order valence-corrected chi connectivity index (χ1v) is 10.7. The van der Waals surface area contributed by atoms with Crippen LogP contribution in [0.1, 0.15) is 13.8 Å². The van der Waals surface area contributed by atoms with Gasteiger partial charge in [-0.2, -0.15) is 0 Å². The van der Waals surface area contributed by atoms with E-state index in [1.165, 1.54) is 17.8 Å². The molecule has 26 heavy (non-hydrogen) atoms. The lowest BCUT2D eigenvalue weighted by Crippen LogP contribution is -2.20. The summed E-state index contributed by atoms with van der Waals surface area (Å²) in [4.78, 5) is 13.0. The van der Waals surface area contributed by atoms with Crippen LogP contribution in [-0.2, 0) is 14.8 Å². The Morgan fingerprint density at radius 3 is 2.81 bits per heavy atom. The molecule has 2 aromatic carbocycles. The van der Waals surface area contributed by atoms with Crippen LogP contribution in [0.25, 0.3) is 0 Å². The molecule has 0 saturated carbocycles. The summed E-state index contributed by atoms with van der Waals surface area (Å²) in [6, 6.07) is 11.6. The monoisotopic (exact) mass is 392 g/mol. The minimum atomic E-state index is -3.82. The molecule has 0 aromatic heterocycles. The Hall–Kier alpha value is -2.19. The van der Waals surface area contributed by atoms with Gasteiger partial charge in [0.15, 0.2) is 0 Å². The molecule has 1 heterocycles. The van der Waals surface area contributed by atoms with Crippen molar-refractivity contribution in [1.29, 1.82) is 0 Å². The summed E-state index contributed by atoms with van der Waals surface area (Å²) in [6.45, 7) is 4.11. The van der Waals surface area contributed by atoms with Crippen molar-refractivity contribution in [2.45, 2.75) is 23.6 Å². The molecule has 0 unspecified atom stereocenters. The highest BCUT2D eigenvalue weighted by Gasteiger charge is 2.23. The van der Waals surface area contributed by atoms with Gasteiger partial charge in [-0.25, -0.2) is 8.42 Å². The Bertz CT molecular complexity index is 929. The molecule has 1 atom stereocenters. The largest absolute Gasteiger partial charge is 0.492 e. The first-order chi connectivity index (χ1) is 12.4. The number of hydrogen-bond donors (Lipinski definition) is 2. The highest BCUT2D eigenvalue weighted by molar-refractivity contribution is 7.99. The van der Waals surface area contributed by atoms with Gasteiger partial charge in [0.2, 0.25) is 5.91 Å². The van der Waals surface area contributed by atoms with E-state index in [0.717, 1.165) is 4.90 Å². The fourth-order valence-corrected chi connectivity index (χ4v) is 4.59.